The van der Waals surface area contributed by atoms with Crippen molar-refractivity contribution in [2.75, 3.05) is 0 Å². The smallest absolute Gasteiger partial charge is 0.140 e. The molecule has 0 N–H and O–H groups in total. The Morgan fingerprint density at radius 3 is 1.63 bits per heavy atom. The molecular weight excluding hydrogens is 570 g/mol. The van der Waals surface area contributed by atoms with Gasteiger partial charge in [0, 0.05) is 44.5 Å². The summed E-state index contributed by atoms with van der Waals surface area (Å²) in [5, 5.41) is 15.0. The third-order valence-electron chi connectivity index (χ3n) is 9.26. The van der Waals surface area contributed by atoms with Crippen molar-refractivity contribution in [3.05, 3.63) is 128 Å². The van der Waals surface area contributed by atoms with Crippen LogP contribution >= 0.6 is 0 Å². The van der Waals surface area contributed by atoms with Gasteiger partial charge in [0.25, 0.3) is 0 Å². The van der Waals surface area contributed by atoms with E-state index >= 15 is 0 Å². The Morgan fingerprint density at radius 2 is 0.935 bits per heavy atom. The summed E-state index contributed by atoms with van der Waals surface area (Å²) >= 11 is 0. The highest BCUT2D eigenvalue weighted by Gasteiger charge is 2.24. The van der Waals surface area contributed by atoms with Gasteiger partial charge in [-0.1, -0.05) is 54.6 Å². The molecule has 11 aromatic rings. The lowest BCUT2D eigenvalue weighted by molar-refractivity contribution is 0.668. The fourth-order valence-corrected chi connectivity index (χ4v) is 7.30. The van der Waals surface area contributed by atoms with E-state index in [4.69, 9.17) is 24.0 Å². The summed E-state index contributed by atoms with van der Waals surface area (Å²) in [6.45, 7) is 0. The highest BCUT2D eigenvalue weighted by atomic mass is 16.3. The van der Waals surface area contributed by atoms with Crippen LogP contribution in [0.2, 0.25) is 0 Å². The molecular formula is C39H21N5O2. The van der Waals surface area contributed by atoms with Crippen molar-refractivity contribution in [1.82, 2.24) is 24.3 Å². The maximum absolute atomic E-state index is 6.19. The normalized spacial score (nSPS) is 12.3. The van der Waals surface area contributed by atoms with Gasteiger partial charge < -0.3 is 18.0 Å². The fourth-order valence-electron chi connectivity index (χ4n) is 7.30. The minimum atomic E-state index is 0.749. The van der Waals surface area contributed by atoms with Crippen molar-refractivity contribution in [2.45, 2.75) is 0 Å². The molecule has 0 bridgehead atoms. The molecule has 7 nitrogen and oxygen atoms in total. The Bertz CT molecular complexity index is 2840. The van der Waals surface area contributed by atoms with Gasteiger partial charge in [-0.3, -0.25) is 4.98 Å². The van der Waals surface area contributed by atoms with E-state index in [-0.39, 0.29) is 0 Å². The Labute approximate surface area is 259 Å². The van der Waals surface area contributed by atoms with Crippen LogP contribution in [0.4, 0.5) is 0 Å². The van der Waals surface area contributed by atoms with E-state index in [1.54, 1.807) is 0 Å². The number of para-hydroxylation sites is 3. The number of furan rings is 2. The van der Waals surface area contributed by atoms with E-state index < -0.39 is 0 Å². The van der Waals surface area contributed by atoms with Crippen molar-refractivity contribution in [2.24, 2.45) is 0 Å². The van der Waals surface area contributed by atoms with Crippen LogP contribution in [0.15, 0.2) is 136 Å². The summed E-state index contributed by atoms with van der Waals surface area (Å²) < 4.78 is 17.0. The first kappa shape index (κ1) is 23.9. The second-order valence-electron chi connectivity index (χ2n) is 11.7. The molecule has 0 amide bonds. The van der Waals surface area contributed by atoms with Gasteiger partial charge in [-0.2, -0.15) is 0 Å². The Balaban J connectivity index is 1.32. The van der Waals surface area contributed by atoms with Gasteiger partial charge in [-0.25, -0.2) is 0 Å². The molecule has 46 heavy (non-hydrogen) atoms. The molecule has 0 aliphatic carbocycles. The highest BCUT2D eigenvalue weighted by Crippen LogP contribution is 2.41. The van der Waals surface area contributed by atoms with Crippen LogP contribution in [0.25, 0.3) is 99.3 Å². The first-order chi connectivity index (χ1) is 22.8. The first-order valence-corrected chi connectivity index (χ1v) is 15.2. The molecule has 0 unspecified atom stereocenters. The number of rotatable bonds is 2. The third-order valence-corrected chi connectivity index (χ3v) is 9.26. The minimum Gasteiger partial charge on any atom is -0.456 e. The van der Waals surface area contributed by atoms with Gasteiger partial charge in [0.05, 0.1) is 11.0 Å². The summed E-state index contributed by atoms with van der Waals surface area (Å²) in [7, 11) is 0. The fraction of sp³-hybridized carbons (Fsp3) is 0. The van der Waals surface area contributed by atoms with E-state index in [0.29, 0.717) is 0 Å². The molecule has 0 atom stereocenters. The van der Waals surface area contributed by atoms with E-state index in [2.05, 4.69) is 94.1 Å². The molecule has 0 fully saturated rings. The molecule has 0 saturated carbocycles. The lowest BCUT2D eigenvalue weighted by Crippen LogP contribution is -2.00. The lowest BCUT2D eigenvalue weighted by Gasteiger charge is -2.12. The average Bonchev–Trinajstić information content (AvgIpc) is 3.85. The maximum Gasteiger partial charge on any atom is 0.140 e. The van der Waals surface area contributed by atoms with Gasteiger partial charge in [-0.15, -0.1) is 10.2 Å². The standard InChI is InChI=1S/C39H21N5O2/c1-4-11-29-26(10-1)35-38(43(29)22-15-17-33-27(20-22)24-8-2-5-13-31(24)45-33)39-37(42-41-35)36-30(12-7-19-40-36)44(39)23-16-18-34-28(21-23)25-9-3-6-14-32(25)46-34/h1-21H. The molecule has 0 aliphatic heterocycles. The van der Waals surface area contributed by atoms with Crippen molar-refractivity contribution < 1.29 is 8.83 Å². The molecule has 6 heterocycles. The van der Waals surface area contributed by atoms with Gasteiger partial charge in [-0.05, 0) is 66.7 Å². The predicted octanol–water partition coefficient (Wildman–Crippen LogP) is 9.86. The van der Waals surface area contributed by atoms with Gasteiger partial charge in [0.15, 0.2) is 0 Å². The van der Waals surface area contributed by atoms with Crippen LogP contribution in [0.3, 0.4) is 0 Å². The van der Waals surface area contributed by atoms with E-state index in [9.17, 15) is 0 Å². The first-order valence-electron chi connectivity index (χ1n) is 15.2. The highest BCUT2D eigenvalue weighted by molar-refractivity contribution is 6.20. The quantitative estimate of drug-likeness (QED) is 0.200. The lowest BCUT2D eigenvalue weighted by atomic mass is 10.1. The average molecular weight is 592 g/mol. The van der Waals surface area contributed by atoms with Crippen LogP contribution in [0.5, 0.6) is 0 Å². The van der Waals surface area contributed by atoms with Crippen LogP contribution in [0.1, 0.15) is 0 Å². The summed E-state index contributed by atoms with van der Waals surface area (Å²) in [4.78, 5) is 4.83. The van der Waals surface area contributed by atoms with E-state index in [1.165, 1.54) is 0 Å². The molecule has 5 aromatic carbocycles. The molecule has 0 aliphatic rings. The van der Waals surface area contributed by atoms with E-state index in [0.717, 1.165) is 99.3 Å². The van der Waals surface area contributed by atoms with Crippen molar-refractivity contribution >= 4 is 87.9 Å². The van der Waals surface area contributed by atoms with Gasteiger partial charge in [0.2, 0.25) is 0 Å². The van der Waals surface area contributed by atoms with Crippen LogP contribution in [0, 0.1) is 0 Å². The van der Waals surface area contributed by atoms with E-state index in [1.807, 2.05) is 42.6 Å². The zero-order valence-electron chi connectivity index (χ0n) is 24.2. The van der Waals surface area contributed by atoms with Crippen LogP contribution < -0.4 is 0 Å². The molecule has 0 spiro atoms. The summed E-state index contributed by atoms with van der Waals surface area (Å²) in [5.74, 6) is 0. The van der Waals surface area contributed by atoms with Gasteiger partial charge >= 0.3 is 0 Å². The number of nitrogens with zero attached hydrogens (tertiary/aromatic N) is 5. The summed E-state index contributed by atoms with van der Waals surface area (Å²) in [6.07, 6.45) is 1.82. The molecule has 0 radical (unpaired) electrons. The van der Waals surface area contributed by atoms with Crippen LogP contribution in [-0.2, 0) is 0 Å². The summed E-state index contributed by atoms with van der Waals surface area (Å²) in [5.41, 5.74) is 11.8. The SMILES string of the molecule is c1ccc2c(c1)oc1ccc(-n3c4ccccc4c4nnc5c6ncccc6n(-c6ccc7oc8ccccc8c7c6)c5c43)cc12. The zero-order valence-corrected chi connectivity index (χ0v) is 24.2. The maximum atomic E-state index is 6.19. The molecule has 6 aromatic heterocycles. The number of benzene rings is 5. The minimum absolute atomic E-state index is 0.749. The zero-order chi connectivity index (χ0) is 29.9. The molecule has 0 saturated heterocycles. The third kappa shape index (κ3) is 3.03. The number of aromatic nitrogens is 5. The van der Waals surface area contributed by atoms with Crippen molar-refractivity contribution in [3.8, 4) is 11.4 Å². The monoisotopic (exact) mass is 591 g/mol. The number of fused-ring (bicyclic) bond motifs is 13. The van der Waals surface area contributed by atoms with Gasteiger partial charge in [0.1, 0.15) is 49.9 Å². The summed E-state index contributed by atoms with van der Waals surface area (Å²) in [6, 6.07) is 41.6. The molecule has 11 rings (SSSR count). The number of hydrogen-bond donors (Lipinski definition) is 0. The Kier molecular flexibility index (Phi) is 4.46. The van der Waals surface area contributed by atoms with Crippen molar-refractivity contribution in [1.29, 1.82) is 0 Å². The van der Waals surface area contributed by atoms with Crippen LogP contribution in [-0.4, -0.2) is 24.3 Å². The largest absolute Gasteiger partial charge is 0.456 e. The molecule has 7 heteroatoms. The second kappa shape index (κ2) is 8.58. The number of pyridine rings is 1. The number of hydrogen-bond acceptors (Lipinski definition) is 5. The Morgan fingerprint density at radius 1 is 0.413 bits per heavy atom. The topological polar surface area (TPSA) is 74.8 Å². The second-order valence-corrected chi connectivity index (χ2v) is 11.7. The molecule has 214 valence electrons. The predicted molar refractivity (Wildman–Crippen MR) is 183 cm³/mol. The van der Waals surface area contributed by atoms with Crippen molar-refractivity contribution in [3.63, 3.8) is 0 Å². The Hall–Kier alpha value is -6.47.